The zero-order valence-corrected chi connectivity index (χ0v) is 16.0. The average Bonchev–Trinajstić information content (AvgIpc) is 3.28. The second-order valence-corrected chi connectivity index (χ2v) is 7.39. The lowest BCUT2D eigenvalue weighted by molar-refractivity contribution is 0.247. The third kappa shape index (κ3) is 3.53. The quantitative estimate of drug-likeness (QED) is 0.833. The van der Waals surface area contributed by atoms with E-state index in [1.807, 2.05) is 20.8 Å². The molecule has 4 heterocycles. The number of anilines is 2. The lowest BCUT2D eigenvalue weighted by atomic mass is 10.2. The summed E-state index contributed by atoms with van der Waals surface area (Å²) < 4.78 is 5.29. The Morgan fingerprint density at radius 1 is 0.885 bits per heavy atom. The van der Waals surface area contributed by atoms with Crippen molar-refractivity contribution in [2.45, 2.75) is 40.2 Å². The number of aromatic nitrogens is 3. The van der Waals surface area contributed by atoms with E-state index in [0.717, 1.165) is 74.7 Å². The molecule has 0 aromatic carbocycles. The summed E-state index contributed by atoms with van der Waals surface area (Å²) in [5.41, 5.74) is 2.24. The molecule has 0 radical (unpaired) electrons. The molecule has 0 aliphatic carbocycles. The van der Waals surface area contributed by atoms with Gasteiger partial charge in [-0.1, -0.05) is 5.16 Å². The van der Waals surface area contributed by atoms with E-state index in [1.54, 1.807) is 0 Å². The molecule has 2 aromatic heterocycles. The van der Waals surface area contributed by atoms with Crippen molar-refractivity contribution in [3.8, 4) is 0 Å². The van der Waals surface area contributed by atoms with Gasteiger partial charge in [0.05, 0.1) is 5.69 Å². The van der Waals surface area contributed by atoms with Crippen LogP contribution in [0.3, 0.4) is 0 Å². The molecule has 140 valence electrons. The highest BCUT2D eigenvalue weighted by Gasteiger charge is 2.22. The van der Waals surface area contributed by atoms with Gasteiger partial charge in [0.25, 0.3) is 0 Å². The molecule has 4 rings (SSSR count). The minimum Gasteiger partial charge on any atom is -0.361 e. The van der Waals surface area contributed by atoms with Crippen molar-refractivity contribution >= 4 is 11.6 Å². The molecule has 0 atom stereocenters. The molecule has 0 amide bonds. The standard InChI is InChI=1S/C19H28N6O/c1-14-17(15(2)26-22-14)13-23-8-10-25(11-9-23)19-12-18(20-16(3)21-19)24-6-4-5-7-24/h12H,4-11,13H2,1-3H3. The zero-order valence-electron chi connectivity index (χ0n) is 16.0. The molecule has 0 unspecified atom stereocenters. The van der Waals surface area contributed by atoms with E-state index in [-0.39, 0.29) is 0 Å². The van der Waals surface area contributed by atoms with Gasteiger partial charge in [0.15, 0.2) is 0 Å². The Balaban J connectivity index is 1.41. The first-order chi connectivity index (χ1) is 12.6. The van der Waals surface area contributed by atoms with Gasteiger partial charge in [0.1, 0.15) is 23.2 Å². The van der Waals surface area contributed by atoms with Gasteiger partial charge in [-0.25, -0.2) is 9.97 Å². The second kappa shape index (κ2) is 7.23. The lowest BCUT2D eigenvalue weighted by Crippen LogP contribution is -2.46. The second-order valence-electron chi connectivity index (χ2n) is 7.39. The summed E-state index contributed by atoms with van der Waals surface area (Å²) in [6.45, 7) is 13.2. The topological polar surface area (TPSA) is 61.5 Å². The molecule has 2 aliphatic heterocycles. The van der Waals surface area contributed by atoms with Crippen LogP contribution in [-0.2, 0) is 6.54 Å². The molecule has 0 spiro atoms. The van der Waals surface area contributed by atoms with Crippen LogP contribution in [0.4, 0.5) is 11.6 Å². The fourth-order valence-electron chi connectivity index (χ4n) is 3.89. The number of piperazine rings is 1. The molecule has 7 nitrogen and oxygen atoms in total. The summed E-state index contributed by atoms with van der Waals surface area (Å²) in [5, 5.41) is 4.07. The van der Waals surface area contributed by atoms with Crippen LogP contribution in [-0.4, -0.2) is 59.3 Å². The SMILES string of the molecule is Cc1nc(N2CCCC2)cc(N2CCN(Cc3c(C)noc3C)CC2)n1. The first kappa shape index (κ1) is 17.3. The van der Waals surface area contributed by atoms with Crippen LogP contribution in [0.2, 0.25) is 0 Å². The molecular weight excluding hydrogens is 328 g/mol. The minimum atomic E-state index is 0.863. The van der Waals surface area contributed by atoms with Gasteiger partial charge in [-0.2, -0.15) is 0 Å². The Morgan fingerprint density at radius 3 is 2.08 bits per heavy atom. The fraction of sp³-hybridized carbons (Fsp3) is 0.632. The molecule has 2 fully saturated rings. The normalized spacial score (nSPS) is 18.7. The molecule has 2 aliphatic rings. The molecule has 26 heavy (non-hydrogen) atoms. The highest BCUT2D eigenvalue weighted by Crippen LogP contribution is 2.24. The molecular formula is C19H28N6O. The predicted molar refractivity (Wildman–Crippen MR) is 102 cm³/mol. The van der Waals surface area contributed by atoms with Crippen LogP contribution < -0.4 is 9.80 Å². The summed E-state index contributed by atoms with van der Waals surface area (Å²) in [6.07, 6.45) is 2.53. The maximum atomic E-state index is 5.29. The van der Waals surface area contributed by atoms with Crippen LogP contribution >= 0.6 is 0 Å². The van der Waals surface area contributed by atoms with E-state index >= 15 is 0 Å². The van der Waals surface area contributed by atoms with Gasteiger partial charge < -0.3 is 14.3 Å². The van der Waals surface area contributed by atoms with Gasteiger partial charge in [0, 0.05) is 57.4 Å². The molecule has 0 N–H and O–H groups in total. The van der Waals surface area contributed by atoms with Gasteiger partial charge >= 0.3 is 0 Å². The first-order valence-electron chi connectivity index (χ1n) is 9.60. The van der Waals surface area contributed by atoms with Crippen LogP contribution in [0.5, 0.6) is 0 Å². The zero-order chi connectivity index (χ0) is 18.1. The van der Waals surface area contributed by atoms with Gasteiger partial charge in [-0.3, -0.25) is 4.90 Å². The Bertz CT molecular complexity index is 740. The molecule has 2 saturated heterocycles. The largest absolute Gasteiger partial charge is 0.361 e. The van der Waals surface area contributed by atoms with Crippen molar-refractivity contribution in [3.63, 3.8) is 0 Å². The van der Waals surface area contributed by atoms with Crippen molar-refractivity contribution in [1.82, 2.24) is 20.0 Å². The minimum absolute atomic E-state index is 0.863. The first-order valence-corrected chi connectivity index (χ1v) is 9.60. The van der Waals surface area contributed by atoms with Gasteiger partial charge in [-0.15, -0.1) is 0 Å². The molecule has 2 aromatic rings. The summed E-state index contributed by atoms with van der Waals surface area (Å²) in [6, 6.07) is 2.17. The molecule has 7 heteroatoms. The van der Waals surface area contributed by atoms with Gasteiger partial charge in [0.2, 0.25) is 0 Å². The predicted octanol–water partition coefficient (Wildman–Crippen LogP) is 2.31. The van der Waals surface area contributed by atoms with Crippen LogP contribution in [0, 0.1) is 20.8 Å². The summed E-state index contributed by atoms with van der Waals surface area (Å²) in [4.78, 5) is 16.6. The fourth-order valence-corrected chi connectivity index (χ4v) is 3.89. The number of rotatable bonds is 4. The van der Waals surface area contributed by atoms with E-state index in [2.05, 4.69) is 30.9 Å². The van der Waals surface area contributed by atoms with E-state index in [4.69, 9.17) is 9.51 Å². The van der Waals surface area contributed by atoms with Crippen molar-refractivity contribution < 1.29 is 4.52 Å². The maximum Gasteiger partial charge on any atom is 0.138 e. The van der Waals surface area contributed by atoms with Crippen molar-refractivity contribution in [2.24, 2.45) is 0 Å². The Hall–Kier alpha value is -2.15. The molecule has 0 saturated carbocycles. The van der Waals surface area contributed by atoms with Crippen LogP contribution in [0.15, 0.2) is 10.6 Å². The van der Waals surface area contributed by atoms with Crippen LogP contribution in [0.25, 0.3) is 0 Å². The monoisotopic (exact) mass is 356 g/mol. The van der Waals surface area contributed by atoms with Crippen molar-refractivity contribution in [2.75, 3.05) is 49.1 Å². The molecule has 0 bridgehead atoms. The number of nitrogens with zero attached hydrogens (tertiary/aromatic N) is 6. The summed E-state index contributed by atoms with van der Waals surface area (Å²) in [7, 11) is 0. The number of hydrogen-bond donors (Lipinski definition) is 0. The Kier molecular flexibility index (Phi) is 4.80. The average molecular weight is 356 g/mol. The van der Waals surface area contributed by atoms with E-state index in [1.165, 1.54) is 18.4 Å². The van der Waals surface area contributed by atoms with Gasteiger partial charge in [-0.05, 0) is 33.6 Å². The van der Waals surface area contributed by atoms with Crippen molar-refractivity contribution in [3.05, 3.63) is 28.9 Å². The van der Waals surface area contributed by atoms with Crippen LogP contribution in [0.1, 0.15) is 35.7 Å². The van der Waals surface area contributed by atoms with E-state index < -0.39 is 0 Å². The van der Waals surface area contributed by atoms with E-state index in [0.29, 0.717) is 0 Å². The number of hydrogen-bond acceptors (Lipinski definition) is 7. The maximum absolute atomic E-state index is 5.29. The highest BCUT2D eigenvalue weighted by atomic mass is 16.5. The Morgan fingerprint density at radius 2 is 1.50 bits per heavy atom. The van der Waals surface area contributed by atoms with E-state index in [9.17, 15) is 0 Å². The highest BCUT2D eigenvalue weighted by molar-refractivity contribution is 5.51. The van der Waals surface area contributed by atoms with Crippen molar-refractivity contribution in [1.29, 1.82) is 0 Å². The lowest BCUT2D eigenvalue weighted by Gasteiger charge is -2.35. The third-order valence-corrected chi connectivity index (χ3v) is 5.50. The number of aryl methyl sites for hydroxylation is 3. The summed E-state index contributed by atoms with van der Waals surface area (Å²) in [5.74, 6) is 3.95. The Labute approximate surface area is 155 Å². The summed E-state index contributed by atoms with van der Waals surface area (Å²) >= 11 is 0. The smallest absolute Gasteiger partial charge is 0.138 e. The third-order valence-electron chi connectivity index (χ3n) is 5.50.